The van der Waals surface area contributed by atoms with Crippen LogP contribution in [0.4, 0.5) is 10.5 Å². The number of hydrogen-bond donors (Lipinski definition) is 2. The second-order valence-electron chi connectivity index (χ2n) is 8.20. The smallest absolute Gasteiger partial charge is 0.348 e. The molecule has 9 heteroatoms. The molecular weight excluding hydrogens is 468 g/mol. The zero-order valence-corrected chi connectivity index (χ0v) is 19.8. The molecule has 0 aliphatic carbocycles. The van der Waals surface area contributed by atoms with Gasteiger partial charge in [0.15, 0.2) is 6.61 Å². The Morgan fingerprint density at radius 2 is 1.77 bits per heavy atom. The lowest BCUT2D eigenvalue weighted by atomic mass is 9.98. The monoisotopic (exact) mass is 494 g/mol. The Balaban J connectivity index is 1.26. The van der Waals surface area contributed by atoms with E-state index in [2.05, 4.69) is 5.32 Å². The first-order valence-electron chi connectivity index (χ1n) is 11.3. The molecular formula is C26H26N2O6S. The molecule has 4 rings (SSSR count). The number of carbonyl (C=O) groups excluding carboxylic acids is 2. The van der Waals surface area contributed by atoms with Crippen molar-refractivity contribution in [3.63, 3.8) is 0 Å². The van der Waals surface area contributed by atoms with Crippen LogP contribution in [0.1, 0.15) is 22.5 Å². The van der Waals surface area contributed by atoms with Crippen molar-refractivity contribution in [1.29, 1.82) is 0 Å². The third-order valence-electron chi connectivity index (χ3n) is 5.66. The molecule has 0 spiro atoms. The minimum absolute atomic E-state index is 0.0783. The molecule has 0 radical (unpaired) electrons. The van der Waals surface area contributed by atoms with E-state index in [1.165, 1.54) is 11.3 Å². The third kappa shape index (κ3) is 6.83. The number of benzene rings is 2. The van der Waals surface area contributed by atoms with Gasteiger partial charge >= 0.3 is 18.0 Å². The van der Waals surface area contributed by atoms with Gasteiger partial charge in [-0.2, -0.15) is 0 Å². The van der Waals surface area contributed by atoms with Gasteiger partial charge in [-0.05, 0) is 60.7 Å². The van der Waals surface area contributed by atoms with Crippen molar-refractivity contribution in [2.45, 2.75) is 12.8 Å². The van der Waals surface area contributed by atoms with Crippen molar-refractivity contribution in [3.05, 3.63) is 71.6 Å². The number of nitrogens with one attached hydrogen (secondary N) is 1. The molecule has 2 heterocycles. The minimum Gasteiger partial charge on any atom is -0.493 e. The van der Waals surface area contributed by atoms with Crippen LogP contribution in [0.5, 0.6) is 5.75 Å². The highest BCUT2D eigenvalue weighted by molar-refractivity contribution is 7.17. The molecule has 2 amide bonds. The lowest BCUT2D eigenvalue weighted by Crippen LogP contribution is -2.42. The van der Waals surface area contributed by atoms with Gasteiger partial charge in [0.25, 0.3) is 0 Å². The summed E-state index contributed by atoms with van der Waals surface area (Å²) in [5.74, 6) is -0.757. The van der Waals surface area contributed by atoms with Crippen LogP contribution in [0.2, 0.25) is 0 Å². The zero-order valence-electron chi connectivity index (χ0n) is 19.0. The van der Waals surface area contributed by atoms with E-state index in [0.717, 1.165) is 34.7 Å². The summed E-state index contributed by atoms with van der Waals surface area (Å²) in [7, 11) is 0. The Morgan fingerprint density at radius 1 is 1.00 bits per heavy atom. The maximum absolute atomic E-state index is 12.5. The van der Waals surface area contributed by atoms with E-state index in [4.69, 9.17) is 14.6 Å². The van der Waals surface area contributed by atoms with E-state index >= 15 is 0 Å². The van der Waals surface area contributed by atoms with Crippen molar-refractivity contribution in [1.82, 2.24) is 4.90 Å². The van der Waals surface area contributed by atoms with E-state index in [1.807, 2.05) is 59.5 Å². The summed E-state index contributed by atoms with van der Waals surface area (Å²) in [4.78, 5) is 38.0. The van der Waals surface area contributed by atoms with Crippen LogP contribution < -0.4 is 10.1 Å². The number of esters is 1. The molecule has 3 aromatic rings. The fourth-order valence-electron chi connectivity index (χ4n) is 3.78. The van der Waals surface area contributed by atoms with E-state index in [-0.39, 0.29) is 6.03 Å². The number of carboxylic acids is 1. The first-order chi connectivity index (χ1) is 17.0. The molecule has 0 saturated carbocycles. The number of carboxylic acid groups (broad SMARTS) is 1. The van der Waals surface area contributed by atoms with Gasteiger partial charge in [0, 0.05) is 23.7 Å². The molecule has 8 nitrogen and oxygen atoms in total. The number of anilines is 1. The Kier molecular flexibility index (Phi) is 7.99. The van der Waals surface area contributed by atoms with Crippen LogP contribution in [0, 0.1) is 5.92 Å². The van der Waals surface area contributed by atoms with E-state index in [9.17, 15) is 14.4 Å². The van der Waals surface area contributed by atoms with E-state index in [1.54, 1.807) is 12.1 Å². The average molecular weight is 495 g/mol. The lowest BCUT2D eigenvalue weighted by molar-refractivity contribution is -0.140. The lowest BCUT2D eigenvalue weighted by Gasteiger charge is -2.32. The van der Waals surface area contributed by atoms with Gasteiger partial charge in [-0.3, -0.25) is 0 Å². The van der Waals surface area contributed by atoms with Gasteiger partial charge in [-0.25, -0.2) is 14.4 Å². The summed E-state index contributed by atoms with van der Waals surface area (Å²) in [6.07, 6.45) is 1.74. The topological polar surface area (TPSA) is 105 Å². The molecule has 1 saturated heterocycles. The second kappa shape index (κ2) is 11.5. The number of rotatable bonds is 8. The maximum Gasteiger partial charge on any atom is 0.348 e. The molecule has 0 unspecified atom stereocenters. The number of carbonyl (C=O) groups is 3. The predicted molar refractivity (Wildman–Crippen MR) is 133 cm³/mol. The number of para-hydroxylation sites is 1. The largest absolute Gasteiger partial charge is 0.493 e. The van der Waals surface area contributed by atoms with Gasteiger partial charge in [0.2, 0.25) is 0 Å². The summed E-state index contributed by atoms with van der Waals surface area (Å²) < 4.78 is 10.8. The van der Waals surface area contributed by atoms with Gasteiger partial charge in [-0.15, -0.1) is 11.3 Å². The summed E-state index contributed by atoms with van der Waals surface area (Å²) >= 11 is 1.24. The highest BCUT2D eigenvalue weighted by Gasteiger charge is 2.23. The van der Waals surface area contributed by atoms with Crippen LogP contribution >= 0.6 is 11.3 Å². The number of aliphatic carboxylic acids is 1. The molecule has 1 aliphatic heterocycles. The average Bonchev–Trinajstić information content (AvgIpc) is 3.38. The van der Waals surface area contributed by atoms with Crippen molar-refractivity contribution < 1.29 is 29.0 Å². The molecule has 2 N–H and O–H groups in total. The highest BCUT2D eigenvalue weighted by atomic mass is 32.1. The Hall–Kier alpha value is -3.85. The summed E-state index contributed by atoms with van der Waals surface area (Å²) in [5.41, 5.74) is 1.69. The van der Waals surface area contributed by atoms with Crippen LogP contribution in [-0.4, -0.2) is 54.3 Å². The molecule has 1 fully saturated rings. The van der Waals surface area contributed by atoms with Crippen LogP contribution in [-0.2, 0) is 9.53 Å². The molecule has 1 aliphatic rings. The fraction of sp³-hybridized carbons (Fsp3) is 0.269. The summed E-state index contributed by atoms with van der Waals surface area (Å²) in [5, 5.41) is 11.6. The van der Waals surface area contributed by atoms with Crippen molar-refractivity contribution >= 4 is 35.0 Å². The zero-order chi connectivity index (χ0) is 24.6. The van der Waals surface area contributed by atoms with Gasteiger partial charge < -0.3 is 24.8 Å². The molecule has 182 valence electrons. The number of piperidine rings is 1. The number of hydrogen-bond acceptors (Lipinski definition) is 6. The molecule has 0 atom stereocenters. The van der Waals surface area contributed by atoms with Crippen LogP contribution in [0.15, 0.2) is 66.7 Å². The first kappa shape index (κ1) is 24.3. The Morgan fingerprint density at radius 3 is 2.51 bits per heavy atom. The van der Waals surface area contributed by atoms with E-state index in [0.29, 0.717) is 30.5 Å². The molecule has 35 heavy (non-hydrogen) atoms. The standard InChI is InChI=1S/C26H26N2O6S/c29-24(30)17-34-25(31)23-10-9-22(35-23)19-5-4-8-21(15-19)33-16-18-11-13-28(14-12-18)26(32)27-20-6-2-1-3-7-20/h1-10,15,18H,11-14,16-17H2,(H,27,32)(H,29,30). The van der Waals surface area contributed by atoms with Gasteiger partial charge in [0.1, 0.15) is 10.6 Å². The number of urea groups is 1. The second-order valence-corrected chi connectivity index (χ2v) is 9.28. The normalized spacial score (nSPS) is 13.8. The summed E-state index contributed by atoms with van der Waals surface area (Å²) in [6.45, 7) is 1.27. The number of likely N-dealkylation sites (tertiary alicyclic amines) is 1. The van der Waals surface area contributed by atoms with E-state index < -0.39 is 18.5 Å². The predicted octanol–water partition coefficient (Wildman–Crippen LogP) is 4.98. The van der Waals surface area contributed by atoms with Gasteiger partial charge in [-0.1, -0.05) is 30.3 Å². The third-order valence-corrected chi connectivity index (χ3v) is 6.78. The fourth-order valence-corrected chi connectivity index (χ4v) is 4.68. The Bertz CT molecular complexity index is 1170. The number of thiophene rings is 1. The SMILES string of the molecule is O=C(O)COC(=O)c1ccc(-c2cccc(OCC3CCN(C(=O)Nc4ccccc4)CC3)c2)s1. The quantitative estimate of drug-likeness (QED) is 0.428. The van der Waals surface area contributed by atoms with Crippen molar-refractivity contribution in [2.75, 3.05) is 31.6 Å². The molecule has 2 aromatic carbocycles. The van der Waals surface area contributed by atoms with Gasteiger partial charge in [0.05, 0.1) is 6.61 Å². The summed E-state index contributed by atoms with van der Waals surface area (Å²) in [6, 6.07) is 20.4. The maximum atomic E-state index is 12.5. The number of nitrogens with zero attached hydrogens (tertiary/aromatic N) is 1. The molecule has 0 bridgehead atoms. The minimum atomic E-state index is -1.19. The molecule has 1 aromatic heterocycles. The van der Waals surface area contributed by atoms with Crippen molar-refractivity contribution in [2.24, 2.45) is 5.92 Å². The van der Waals surface area contributed by atoms with Crippen molar-refractivity contribution in [3.8, 4) is 16.2 Å². The Labute approximate surface area is 207 Å². The first-order valence-corrected chi connectivity index (χ1v) is 12.1. The van der Waals surface area contributed by atoms with Crippen LogP contribution in [0.25, 0.3) is 10.4 Å². The highest BCUT2D eigenvalue weighted by Crippen LogP contribution is 2.31. The van der Waals surface area contributed by atoms with Crippen LogP contribution in [0.3, 0.4) is 0 Å². The number of ether oxygens (including phenoxy) is 2. The number of amides is 2.